The molecule has 0 heterocycles. The fourth-order valence-corrected chi connectivity index (χ4v) is 3.97. The number of anilines is 2. The van der Waals surface area contributed by atoms with Crippen LogP contribution in [0.2, 0.25) is 5.02 Å². The van der Waals surface area contributed by atoms with Gasteiger partial charge in [0.15, 0.2) is 0 Å². The van der Waals surface area contributed by atoms with Crippen LogP contribution in [-0.2, 0) is 10.0 Å². The molecule has 0 aliphatic rings. The van der Waals surface area contributed by atoms with E-state index < -0.39 is 10.0 Å². The lowest BCUT2D eigenvalue weighted by molar-refractivity contribution is 0.102. The molecular formula is C21H19ClN2O4S. The van der Waals surface area contributed by atoms with E-state index >= 15 is 0 Å². The highest BCUT2D eigenvalue weighted by atomic mass is 35.5. The minimum absolute atomic E-state index is 0.0793. The molecule has 150 valence electrons. The first-order valence-corrected chi connectivity index (χ1v) is 10.5. The van der Waals surface area contributed by atoms with E-state index in [4.69, 9.17) is 16.3 Å². The second-order valence-corrected chi connectivity index (χ2v) is 8.39. The molecule has 0 aliphatic carbocycles. The number of ether oxygens (including phenoxy) is 1. The first kappa shape index (κ1) is 20.7. The number of carbonyl (C=O) groups excluding carboxylic acids is 1. The Kier molecular flexibility index (Phi) is 6.10. The number of rotatable bonds is 6. The fraction of sp³-hybridized carbons (Fsp3) is 0.0952. The first-order valence-electron chi connectivity index (χ1n) is 8.63. The van der Waals surface area contributed by atoms with Gasteiger partial charge in [0, 0.05) is 5.69 Å². The number of nitrogens with one attached hydrogen (secondary N) is 2. The predicted octanol–water partition coefficient (Wildman–Crippen LogP) is 4.71. The highest BCUT2D eigenvalue weighted by Crippen LogP contribution is 2.25. The minimum atomic E-state index is -3.81. The maximum atomic E-state index is 12.5. The summed E-state index contributed by atoms with van der Waals surface area (Å²) in [5.41, 5.74) is 2.14. The summed E-state index contributed by atoms with van der Waals surface area (Å²) < 4.78 is 32.5. The number of sulfonamides is 1. The Labute approximate surface area is 174 Å². The van der Waals surface area contributed by atoms with Crippen molar-refractivity contribution in [1.29, 1.82) is 0 Å². The Morgan fingerprint density at radius 2 is 1.69 bits per heavy atom. The number of carbonyl (C=O) groups is 1. The summed E-state index contributed by atoms with van der Waals surface area (Å²) in [5.74, 6) is 0.168. The van der Waals surface area contributed by atoms with Gasteiger partial charge in [-0.15, -0.1) is 0 Å². The van der Waals surface area contributed by atoms with Crippen molar-refractivity contribution in [3.05, 3.63) is 82.9 Å². The van der Waals surface area contributed by atoms with Crippen molar-refractivity contribution in [3.8, 4) is 5.75 Å². The predicted molar refractivity (Wildman–Crippen MR) is 114 cm³/mol. The number of halogens is 1. The van der Waals surface area contributed by atoms with Gasteiger partial charge in [0.2, 0.25) is 0 Å². The lowest BCUT2D eigenvalue weighted by atomic mass is 10.1. The third-order valence-corrected chi connectivity index (χ3v) is 5.82. The maximum absolute atomic E-state index is 12.5. The van der Waals surface area contributed by atoms with E-state index in [-0.39, 0.29) is 27.1 Å². The fourth-order valence-electron chi connectivity index (χ4n) is 2.65. The van der Waals surface area contributed by atoms with E-state index in [9.17, 15) is 13.2 Å². The molecule has 0 aliphatic heterocycles. The molecule has 3 rings (SSSR count). The summed E-state index contributed by atoms with van der Waals surface area (Å²) in [6.45, 7) is 1.92. The Hall–Kier alpha value is -3.03. The molecule has 3 aromatic rings. The van der Waals surface area contributed by atoms with Gasteiger partial charge in [0.05, 0.1) is 28.3 Å². The number of aryl methyl sites for hydroxylation is 1. The molecule has 8 heteroatoms. The molecule has 0 saturated heterocycles. The Morgan fingerprint density at radius 3 is 2.31 bits per heavy atom. The number of benzene rings is 3. The molecule has 0 aromatic heterocycles. The number of hydrogen-bond donors (Lipinski definition) is 2. The van der Waals surface area contributed by atoms with E-state index in [2.05, 4.69) is 10.0 Å². The Morgan fingerprint density at radius 1 is 0.966 bits per heavy atom. The molecule has 6 nitrogen and oxygen atoms in total. The van der Waals surface area contributed by atoms with Gasteiger partial charge in [-0.2, -0.15) is 0 Å². The van der Waals surface area contributed by atoms with Gasteiger partial charge >= 0.3 is 0 Å². The zero-order valence-electron chi connectivity index (χ0n) is 15.8. The van der Waals surface area contributed by atoms with E-state index in [1.54, 1.807) is 18.2 Å². The molecule has 0 spiro atoms. The lowest BCUT2D eigenvalue weighted by Crippen LogP contribution is -2.15. The van der Waals surface area contributed by atoms with Crippen molar-refractivity contribution in [2.75, 3.05) is 17.1 Å². The van der Waals surface area contributed by atoms with Gasteiger partial charge in [-0.1, -0.05) is 23.7 Å². The summed E-state index contributed by atoms with van der Waals surface area (Å²) in [6, 6.07) is 17.7. The zero-order valence-corrected chi connectivity index (χ0v) is 17.3. The van der Waals surface area contributed by atoms with E-state index in [0.717, 1.165) is 5.56 Å². The molecule has 0 radical (unpaired) electrons. The van der Waals surface area contributed by atoms with Crippen molar-refractivity contribution < 1.29 is 17.9 Å². The van der Waals surface area contributed by atoms with Crippen LogP contribution in [0.5, 0.6) is 5.75 Å². The lowest BCUT2D eigenvalue weighted by Gasteiger charge is -2.11. The quantitative estimate of drug-likeness (QED) is 0.593. The number of hydrogen-bond acceptors (Lipinski definition) is 4. The first-order chi connectivity index (χ1) is 13.8. The van der Waals surface area contributed by atoms with Gasteiger partial charge in [0.1, 0.15) is 5.75 Å². The van der Waals surface area contributed by atoms with Crippen molar-refractivity contribution in [2.45, 2.75) is 11.8 Å². The molecule has 0 atom stereocenters. The second kappa shape index (κ2) is 8.55. The normalized spacial score (nSPS) is 11.0. The zero-order chi connectivity index (χ0) is 21.0. The van der Waals surface area contributed by atoms with E-state index in [1.165, 1.54) is 37.4 Å². The number of methoxy groups -OCH3 is 1. The Bertz CT molecular complexity index is 1150. The van der Waals surface area contributed by atoms with Crippen LogP contribution in [0.25, 0.3) is 0 Å². The summed E-state index contributed by atoms with van der Waals surface area (Å²) in [7, 11) is -2.31. The van der Waals surface area contributed by atoms with Crippen LogP contribution in [0.4, 0.5) is 11.4 Å². The molecular weight excluding hydrogens is 412 g/mol. The van der Waals surface area contributed by atoms with Gasteiger partial charge in [0.25, 0.3) is 15.9 Å². The highest BCUT2D eigenvalue weighted by molar-refractivity contribution is 7.92. The molecule has 0 fully saturated rings. The van der Waals surface area contributed by atoms with Crippen molar-refractivity contribution >= 4 is 38.9 Å². The van der Waals surface area contributed by atoms with Crippen molar-refractivity contribution in [3.63, 3.8) is 0 Å². The van der Waals surface area contributed by atoms with Crippen LogP contribution in [0, 0.1) is 6.92 Å². The molecule has 1 amide bonds. The van der Waals surface area contributed by atoms with Crippen LogP contribution in [0.1, 0.15) is 15.9 Å². The third kappa shape index (κ3) is 5.07. The summed E-state index contributed by atoms with van der Waals surface area (Å²) in [6.07, 6.45) is 0. The Balaban J connectivity index is 1.77. The van der Waals surface area contributed by atoms with Crippen LogP contribution in [0.15, 0.2) is 71.6 Å². The van der Waals surface area contributed by atoms with Crippen LogP contribution >= 0.6 is 11.6 Å². The smallest absolute Gasteiger partial charge is 0.261 e. The van der Waals surface area contributed by atoms with Crippen LogP contribution in [0.3, 0.4) is 0 Å². The monoisotopic (exact) mass is 430 g/mol. The second-order valence-electron chi connectivity index (χ2n) is 6.30. The molecule has 0 bridgehead atoms. The third-order valence-electron chi connectivity index (χ3n) is 4.11. The van der Waals surface area contributed by atoms with E-state index in [0.29, 0.717) is 11.4 Å². The van der Waals surface area contributed by atoms with Crippen LogP contribution < -0.4 is 14.8 Å². The molecule has 3 aromatic carbocycles. The summed E-state index contributed by atoms with van der Waals surface area (Å²) >= 11 is 6.22. The average Bonchev–Trinajstić information content (AvgIpc) is 2.67. The molecule has 29 heavy (non-hydrogen) atoms. The SMILES string of the molecule is COc1ccc(S(=O)(=O)Nc2ccc(C(=O)Nc3cccc(C)c3)c(Cl)c2)cc1. The molecule has 0 saturated carbocycles. The average molecular weight is 431 g/mol. The minimum Gasteiger partial charge on any atom is -0.497 e. The van der Waals surface area contributed by atoms with Crippen LogP contribution in [-0.4, -0.2) is 21.4 Å². The van der Waals surface area contributed by atoms with Gasteiger partial charge in [-0.05, 0) is 67.1 Å². The van der Waals surface area contributed by atoms with Gasteiger partial charge < -0.3 is 10.1 Å². The largest absolute Gasteiger partial charge is 0.497 e. The topological polar surface area (TPSA) is 84.5 Å². The molecule has 2 N–H and O–H groups in total. The number of amides is 1. The standard InChI is InChI=1S/C21H19ClN2O4S/c1-14-4-3-5-15(12-14)23-21(25)19-11-6-16(13-20(19)22)24-29(26,27)18-9-7-17(28-2)8-10-18/h3-13,24H,1-2H3,(H,23,25). The maximum Gasteiger partial charge on any atom is 0.261 e. The van der Waals surface area contributed by atoms with Gasteiger partial charge in [-0.3, -0.25) is 9.52 Å². The highest BCUT2D eigenvalue weighted by Gasteiger charge is 2.17. The summed E-state index contributed by atoms with van der Waals surface area (Å²) in [5, 5.41) is 2.90. The molecule has 0 unspecified atom stereocenters. The van der Waals surface area contributed by atoms with Crippen molar-refractivity contribution in [2.24, 2.45) is 0 Å². The summed E-state index contributed by atoms with van der Waals surface area (Å²) in [4.78, 5) is 12.6. The van der Waals surface area contributed by atoms with E-state index in [1.807, 2.05) is 25.1 Å². The van der Waals surface area contributed by atoms with Gasteiger partial charge in [-0.25, -0.2) is 8.42 Å². The van der Waals surface area contributed by atoms with Crippen molar-refractivity contribution in [1.82, 2.24) is 0 Å².